The van der Waals surface area contributed by atoms with Gasteiger partial charge in [0, 0.05) is 13.7 Å². The first kappa shape index (κ1) is 11.9. The summed E-state index contributed by atoms with van der Waals surface area (Å²) in [7, 11) is 1.66. The Morgan fingerprint density at radius 2 is 1.67 bits per heavy atom. The van der Waals surface area contributed by atoms with Crippen LogP contribution in [0.2, 0.25) is 0 Å². The van der Waals surface area contributed by atoms with Gasteiger partial charge in [-0.3, -0.25) is 0 Å². The highest BCUT2D eigenvalue weighted by molar-refractivity contribution is 4.34. The topological polar surface area (TPSA) is 27.7 Å². The summed E-state index contributed by atoms with van der Waals surface area (Å²) in [6, 6.07) is 0. The van der Waals surface area contributed by atoms with E-state index < -0.39 is 0 Å². The Balaban J connectivity index is 2.73. The summed E-state index contributed by atoms with van der Waals surface area (Å²) in [4.78, 5) is 0. The molecule has 0 aromatic heterocycles. The minimum absolute atomic E-state index is 0.396. The number of rotatable bonds is 9. The Morgan fingerprint density at radius 1 is 0.917 bits per heavy atom. The Bertz CT molecular complexity index is 66.2. The number of unbranched alkanes of at least 4 members (excludes halogenated alkanes) is 2. The van der Waals surface area contributed by atoms with Gasteiger partial charge in [0.05, 0.1) is 13.2 Å². The minimum Gasteiger partial charge on any atom is -0.382 e. The first-order chi connectivity index (χ1) is 5.91. The molecule has 0 N–H and O–H groups in total. The van der Waals surface area contributed by atoms with E-state index in [1.807, 2.05) is 0 Å². The summed E-state index contributed by atoms with van der Waals surface area (Å²) in [6.45, 7) is 4.63. The molecule has 0 radical (unpaired) electrons. The summed E-state index contributed by atoms with van der Waals surface area (Å²) < 4.78 is 15.1. The van der Waals surface area contributed by atoms with Crippen LogP contribution in [-0.2, 0) is 14.2 Å². The molecule has 3 heteroatoms. The molecule has 0 saturated carbocycles. The summed E-state index contributed by atoms with van der Waals surface area (Å²) >= 11 is 0. The van der Waals surface area contributed by atoms with Crippen molar-refractivity contribution in [2.24, 2.45) is 0 Å². The van der Waals surface area contributed by atoms with E-state index in [2.05, 4.69) is 6.92 Å². The lowest BCUT2D eigenvalue weighted by Gasteiger charge is -2.04. The van der Waals surface area contributed by atoms with Crippen LogP contribution in [0.15, 0.2) is 0 Å². The van der Waals surface area contributed by atoms with E-state index in [1.165, 1.54) is 12.8 Å². The third-order valence-electron chi connectivity index (χ3n) is 1.49. The van der Waals surface area contributed by atoms with Crippen molar-refractivity contribution in [3.63, 3.8) is 0 Å². The van der Waals surface area contributed by atoms with Gasteiger partial charge in [-0.2, -0.15) is 0 Å². The van der Waals surface area contributed by atoms with Crippen molar-refractivity contribution in [1.29, 1.82) is 0 Å². The summed E-state index contributed by atoms with van der Waals surface area (Å²) in [6.07, 6.45) is 3.59. The van der Waals surface area contributed by atoms with Gasteiger partial charge in [0.2, 0.25) is 0 Å². The normalized spacial score (nSPS) is 10.5. The van der Waals surface area contributed by atoms with Gasteiger partial charge in [-0.05, 0) is 6.42 Å². The van der Waals surface area contributed by atoms with Crippen LogP contribution in [0.3, 0.4) is 0 Å². The number of ether oxygens (including phenoxy) is 3. The molecule has 0 heterocycles. The van der Waals surface area contributed by atoms with Crippen LogP contribution < -0.4 is 0 Å². The maximum Gasteiger partial charge on any atom is 0.146 e. The van der Waals surface area contributed by atoms with Crippen LogP contribution in [-0.4, -0.2) is 33.7 Å². The van der Waals surface area contributed by atoms with E-state index in [9.17, 15) is 0 Å². The maximum absolute atomic E-state index is 5.20. The lowest BCUT2D eigenvalue weighted by atomic mass is 10.3. The molecule has 12 heavy (non-hydrogen) atoms. The molecule has 0 unspecified atom stereocenters. The van der Waals surface area contributed by atoms with Gasteiger partial charge >= 0.3 is 0 Å². The highest BCUT2D eigenvalue weighted by Crippen LogP contribution is 1.93. The van der Waals surface area contributed by atoms with Crippen molar-refractivity contribution in [2.45, 2.75) is 26.2 Å². The fraction of sp³-hybridized carbons (Fsp3) is 1.00. The smallest absolute Gasteiger partial charge is 0.146 e. The van der Waals surface area contributed by atoms with Crippen molar-refractivity contribution in [2.75, 3.05) is 33.7 Å². The maximum atomic E-state index is 5.20. The summed E-state index contributed by atoms with van der Waals surface area (Å²) in [5, 5.41) is 0. The molecule has 0 aromatic rings. The molecule has 3 nitrogen and oxygen atoms in total. The third-order valence-corrected chi connectivity index (χ3v) is 1.49. The molecular weight excluding hydrogens is 156 g/mol. The highest BCUT2D eigenvalue weighted by atomic mass is 16.7. The Labute approximate surface area is 75.0 Å². The Kier molecular flexibility index (Phi) is 10.8. The molecule has 0 atom stereocenters. The average molecular weight is 176 g/mol. The molecule has 0 rings (SSSR count). The second-order valence-electron chi connectivity index (χ2n) is 2.63. The van der Waals surface area contributed by atoms with Gasteiger partial charge in [-0.15, -0.1) is 0 Å². The minimum atomic E-state index is 0.396. The zero-order valence-electron chi connectivity index (χ0n) is 8.17. The highest BCUT2D eigenvalue weighted by Gasteiger charge is 1.88. The summed E-state index contributed by atoms with van der Waals surface area (Å²) in [5.74, 6) is 0. The first-order valence-electron chi connectivity index (χ1n) is 4.56. The predicted molar refractivity (Wildman–Crippen MR) is 48.2 cm³/mol. The number of methoxy groups -OCH3 is 1. The van der Waals surface area contributed by atoms with Gasteiger partial charge in [0.25, 0.3) is 0 Å². The summed E-state index contributed by atoms with van der Waals surface area (Å²) in [5.41, 5.74) is 0. The van der Waals surface area contributed by atoms with Gasteiger partial charge in [-0.25, -0.2) is 0 Å². The molecule has 0 aliphatic heterocycles. The predicted octanol–water partition coefficient (Wildman–Crippen LogP) is 1.81. The van der Waals surface area contributed by atoms with Crippen LogP contribution in [0.25, 0.3) is 0 Å². The van der Waals surface area contributed by atoms with Crippen LogP contribution in [0.4, 0.5) is 0 Å². The quantitative estimate of drug-likeness (QED) is 0.396. The molecule has 0 amide bonds. The monoisotopic (exact) mass is 176 g/mol. The van der Waals surface area contributed by atoms with Gasteiger partial charge in [-0.1, -0.05) is 19.8 Å². The lowest BCUT2D eigenvalue weighted by Crippen LogP contribution is -2.06. The molecular formula is C9H20O3. The van der Waals surface area contributed by atoms with Crippen LogP contribution in [0, 0.1) is 0 Å². The van der Waals surface area contributed by atoms with Gasteiger partial charge < -0.3 is 14.2 Å². The van der Waals surface area contributed by atoms with Crippen molar-refractivity contribution < 1.29 is 14.2 Å². The SMILES string of the molecule is CCCCCOCOCCOC. The number of hydrogen-bond acceptors (Lipinski definition) is 3. The molecule has 0 fully saturated rings. The van der Waals surface area contributed by atoms with Crippen molar-refractivity contribution >= 4 is 0 Å². The molecule has 0 saturated heterocycles. The van der Waals surface area contributed by atoms with Crippen LogP contribution in [0.1, 0.15) is 26.2 Å². The zero-order valence-corrected chi connectivity index (χ0v) is 8.17. The third kappa shape index (κ3) is 9.88. The molecule has 0 spiro atoms. The van der Waals surface area contributed by atoms with E-state index >= 15 is 0 Å². The fourth-order valence-corrected chi connectivity index (χ4v) is 0.773. The van der Waals surface area contributed by atoms with Gasteiger partial charge in [0.1, 0.15) is 6.79 Å². The lowest BCUT2D eigenvalue weighted by molar-refractivity contribution is -0.0663. The van der Waals surface area contributed by atoms with E-state index in [-0.39, 0.29) is 0 Å². The Hall–Kier alpha value is -0.120. The second kappa shape index (κ2) is 10.9. The second-order valence-corrected chi connectivity index (χ2v) is 2.63. The standard InChI is InChI=1S/C9H20O3/c1-3-4-5-6-11-9-12-8-7-10-2/h3-9H2,1-2H3. The molecule has 0 aromatic carbocycles. The zero-order chi connectivity index (χ0) is 9.07. The van der Waals surface area contributed by atoms with E-state index in [0.29, 0.717) is 20.0 Å². The first-order valence-corrected chi connectivity index (χ1v) is 4.56. The molecule has 0 aliphatic rings. The van der Waals surface area contributed by atoms with E-state index in [0.717, 1.165) is 13.0 Å². The molecule has 74 valence electrons. The number of hydrogen-bond donors (Lipinski definition) is 0. The van der Waals surface area contributed by atoms with Crippen molar-refractivity contribution in [3.05, 3.63) is 0 Å². The fourth-order valence-electron chi connectivity index (χ4n) is 0.773. The average Bonchev–Trinajstić information content (AvgIpc) is 2.10. The van der Waals surface area contributed by atoms with Crippen LogP contribution in [0.5, 0.6) is 0 Å². The van der Waals surface area contributed by atoms with Crippen molar-refractivity contribution in [3.8, 4) is 0 Å². The van der Waals surface area contributed by atoms with Crippen LogP contribution >= 0.6 is 0 Å². The Morgan fingerprint density at radius 3 is 2.33 bits per heavy atom. The van der Waals surface area contributed by atoms with Crippen molar-refractivity contribution in [1.82, 2.24) is 0 Å². The molecule has 0 bridgehead atoms. The van der Waals surface area contributed by atoms with E-state index in [1.54, 1.807) is 7.11 Å². The largest absolute Gasteiger partial charge is 0.382 e. The van der Waals surface area contributed by atoms with Gasteiger partial charge in [0.15, 0.2) is 0 Å². The molecule has 0 aliphatic carbocycles. The van der Waals surface area contributed by atoms with E-state index in [4.69, 9.17) is 14.2 Å².